The van der Waals surface area contributed by atoms with E-state index >= 15 is 0 Å². The number of rotatable bonds is 6. The Balaban J connectivity index is 1.51. The van der Waals surface area contributed by atoms with E-state index in [2.05, 4.69) is 10.6 Å². The van der Waals surface area contributed by atoms with E-state index in [1.807, 2.05) is 24.3 Å². The molecule has 0 atom stereocenters. The lowest BCUT2D eigenvalue weighted by molar-refractivity contribution is -0.116. The van der Waals surface area contributed by atoms with E-state index in [9.17, 15) is 9.59 Å². The molecule has 0 radical (unpaired) electrons. The standard InChI is InChI=1S/C20H17ClN2O3/c21-17-5-2-1-4-14(17)7-12-19(24)22-15-8-10-16(11-9-15)23-20(25)18-6-3-13-26-18/h1-6,8-11,13H,7,12H2,(H,22,24)(H,23,25). The second kappa shape index (κ2) is 8.36. The van der Waals surface area contributed by atoms with Crippen LogP contribution in [-0.4, -0.2) is 11.8 Å². The molecule has 3 aromatic rings. The fourth-order valence-electron chi connectivity index (χ4n) is 2.41. The molecule has 1 aromatic heterocycles. The van der Waals surface area contributed by atoms with Gasteiger partial charge >= 0.3 is 0 Å². The number of nitrogens with one attached hydrogen (secondary N) is 2. The van der Waals surface area contributed by atoms with Crippen LogP contribution in [0.25, 0.3) is 0 Å². The van der Waals surface area contributed by atoms with Crippen LogP contribution in [-0.2, 0) is 11.2 Å². The zero-order chi connectivity index (χ0) is 18.4. The molecule has 6 heteroatoms. The third-order valence-corrected chi connectivity index (χ3v) is 4.12. The molecular weight excluding hydrogens is 352 g/mol. The summed E-state index contributed by atoms with van der Waals surface area (Å²) >= 11 is 6.09. The molecule has 26 heavy (non-hydrogen) atoms. The molecule has 0 aliphatic carbocycles. The van der Waals surface area contributed by atoms with Gasteiger partial charge in [0.25, 0.3) is 5.91 Å². The third kappa shape index (κ3) is 4.74. The Morgan fingerprint density at radius 3 is 2.23 bits per heavy atom. The highest BCUT2D eigenvalue weighted by atomic mass is 35.5. The average Bonchev–Trinajstić information content (AvgIpc) is 3.17. The number of carbonyl (C=O) groups is 2. The first kappa shape index (κ1) is 17.8. The summed E-state index contributed by atoms with van der Waals surface area (Å²) in [5.41, 5.74) is 2.21. The molecule has 0 bridgehead atoms. The number of aryl methyl sites for hydroxylation is 1. The number of benzene rings is 2. The summed E-state index contributed by atoms with van der Waals surface area (Å²) in [6.07, 6.45) is 2.35. The molecule has 3 rings (SSSR count). The minimum atomic E-state index is -0.327. The van der Waals surface area contributed by atoms with Gasteiger partial charge in [0.2, 0.25) is 5.91 Å². The first-order chi connectivity index (χ1) is 12.6. The number of hydrogen-bond acceptors (Lipinski definition) is 3. The molecule has 2 aromatic carbocycles. The van der Waals surface area contributed by atoms with Gasteiger partial charge in [-0.15, -0.1) is 0 Å². The number of amides is 2. The number of hydrogen-bond donors (Lipinski definition) is 2. The zero-order valence-electron chi connectivity index (χ0n) is 13.9. The van der Waals surface area contributed by atoms with Gasteiger partial charge in [-0.05, 0) is 54.4 Å². The summed E-state index contributed by atoms with van der Waals surface area (Å²) in [6.45, 7) is 0. The lowest BCUT2D eigenvalue weighted by Gasteiger charge is -2.08. The van der Waals surface area contributed by atoms with Crippen molar-refractivity contribution in [3.63, 3.8) is 0 Å². The molecule has 132 valence electrons. The Morgan fingerprint density at radius 1 is 0.885 bits per heavy atom. The van der Waals surface area contributed by atoms with Crippen LogP contribution in [0.5, 0.6) is 0 Å². The largest absolute Gasteiger partial charge is 0.459 e. The maximum absolute atomic E-state index is 12.1. The second-order valence-corrected chi connectivity index (χ2v) is 6.06. The molecule has 1 heterocycles. The van der Waals surface area contributed by atoms with E-state index in [0.717, 1.165) is 5.56 Å². The molecule has 5 nitrogen and oxygen atoms in total. The van der Waals surface area contributed by atoms with Crippen LogP contribution in [0, 0.1) is 0 Å². The van der Waals surface area contributed by atoms with Crippen molar-refractivity contribution >= 4 is 34.8 Å². The lowest BCUT2D eigenvalue weighted by Crippen LogP contribution is -2.13. The number of anilines is 2. The predicted octanol–water partition coefficient (Wildman–Crippen LogP) is 4.76. The molecule has 0 saturated heterocycles. The summed E-state index contributed by atoms with van der Waals surface area (Å²) in [7, 11) is 0. The van der Waals surface area contributed by atoms with E-state index < -0.39 is 0 Å². The number of furan rings is 1. The molecular formula is C20H17ClN2O3. The fraction of sp³-hybridized carbons (Fsp3) is 0.100. The van der Waals surface area contributed by atoms with E-state index in [0.29, 0.717) is 29.2 Å². The zero-order valence-corrected chi connectivity index (χ0v) is 14.6. The van der Waals surface area contributed by atoms with Crippen molar-refractivity contribution in [2.45, 2.75) is 12.8 Å². The van der Waals surface area contributed by atoms with Crippen molar-refractivity contribution in [2.75, 3.05) is 10.6 Å². The minimum Gasteiger partial charge on any atom is -0.459 e. The fourth-order valence-corrected chi connectivity index (χ4v) is 2.64. The van der Waals surface area contributed by atoms with Crippen LogP contribution >= 0.6 is 11.6 Å². The third-order valence-electron chi connectivity index (χ3n) is 3.75. The quantitative estimate of drug-likeness (QED) is 0.659. The highest BCUT2D eigenvalue weighted by molar-refractivity contribution is 6.31. The lowest BCUT2D eigenvalue weighted by atomic mass is 10.1. The van der Waals surface area contributed by atoms with E-state index in [4.69, 9.17) is 16.0 Å². The minimum absolute atomic E-state index is 0.0997. The molecule has 2 N–H and O–H groups in total. The van der Waals surface area contributed by atoms with Crippen LogP contribution in [0.2, 0.25) is 5.02 Å². The van der Waals surface area contributed by atoms with Gasteiger partial charge < -0.3 is 15.1 Å². The molecule has 0 saturated carbocycles. The Morgan fingerprint density at radius 2 is 1.58 bits per heavy atom. The Hall–Kier alpha value is -3.05. The first-order valence-corrected chi connectivity index (χ1v) is 8.48. The molecule has 2 amide bonds. The highest BCUT2D eigenvalue weighted by Gasteiger charge is 2.09. The van der Waals surface area contributed by atoms with Gasteiger partial charge in [0, 0.05) is 22.8 Å². The van der Waals surface area contributed by atoms with Crippen molar-refractivity contribution in [3.05, 3.63) is 83.3 Å². The summed E-state index contributed by atoms with van der Waals surface area (Å²) in [6, 6.07) is 17.6. The second-order valence-electron chi connectivity index (χ2n) is 5.65. The van der Waals surface area contributed by atoms with Crippen LogP contribution in [0.15, 0.2) is 71.3 Å². The van der Waals surface area contributed by atoms with Gasteiger partial charge in [-0.25, -0.2) is 0 Å². The van der Waals surface area contributed by atoms with Crippen molar-refractivity contribution < 1.29 is 14.0 Å². The van der Waals surface area contributed by atoms with E-state index in [1.165, 1.54) is 6.26 Å². The predicted molar refractivity (Wildman–Crippen MR) is 102 cm³/mol. The summed E-state index contributed by atoms with van der Waals surface area (Å²) in [5, 5.41) is 6.21. The SMILES string of the molecule is O=C(CCc1ccccc1Cl)Nc1ccc(NC(=O)c2ccco2)cc1. The maximum Gasteiger partial charge on any atom is 0.291 e. The van der Waals surface area contributed by atoms with Crippen molar-refractivity contribution in [3.8, 4) is 0 Å². The normalized spacial score (nSPS) is 10.3. The van der Waals surface area contributed by atoms with Crippen LogP contribution in [0.3, 0.4) is 0 Å². The Bertz CT molecular complexity index is 890. The van der Waals surface area contributed by atoms with Crippen molar-refractivity contribution in [2.24, 2.45) is 0 Å². The molecule has 0 unspecified atom stereocenters. The van der Waals surface area contributed by atoms with Gasteiger partial charge in [0.05, 0.1) is 6.26 Å². The maximum atomic E-state index is 12.1. The number of halogens is 1. The summed E-state index contributed by atoms with van der Waals surface area (Å²) in [4.78, 5) is 24.0. The number of carbonyl (C=O) groups excluding carboxylic acids is 2. The topological polar surface area (TPSA) is 71.3 Å². The van der Waals surface area contributed by atoms with Gasteiger partial charge in [0.15, 0.2) is 5.76 Å². The van der Waals surface area contributed by atoms with E-state index in [-0.39, 0.29) is 17.6 Å². The first-order valence-electron chi connectivity index (χ1n) is 8.10. The highest BCUT2D eigenvalue weighted by Crippen LogP contribution is 2.18. The van der Waals surface area contributed by atoms with Gasteiger partial charge in [-0.2, -0.15) is 0 Å². The van der Waals surface area contributed by atoms with Crippen molar-refractivity contribution in [1.82, 2.24) is 0 Å². The molecule has 0 fully saturated rings. The summed E-state index contributed by atoms with van der Waals surface area (Å²) in [5.74, 6) is -0.189. The molecule has 0 spiro atoms. The average molecular weight is 369 g/mol. The van der Waals surface area contributed by atoms with Crippen LogP contribution in [0.4, 0.5) is 11.4 Å². The molecule has 0 aliphatic rings. The van der Waals surface area contributed by atoms with Gasteiger partial charge in [-0.3, -0.25) is 9.59 Å². The van der Waals surface area contributed by atoms with E-state index in [1.54, 1.807) is 36.4 Å². The monoisotopic (exact) mass is 368 g/mol. The smallest absolute Gasteiger partial charge is 0.291 e. The van der Waals surface area contributed by atoms with Crippen LogP contribution in [0.1, 0.15) is 22.5 Å². The van der Waals surface area contributed by atoms with Crippen molar-refractivity contribution in [1.29, 1.82) is 0 Å². The van der Waals surface area contributed by atoms with Gasteiger partial charge in [0.1, 0.15) is 0 Å². The Labute approximate surface area is 156 Å². The van der Waals surface area contributed by atoms with Gasteiger partial charge in [-0.1, -0.05) is 29.8 Å². The molecule has 0 aliphatic heterocycles. The Kier molecular flexibility index (Phi) is 5.71. The van der Waals surface area contributed by atoms with Crippen LogP contribution < -0.4 is 10.6 Å². The summed E-state index contributed by atoms with van der Waals surface area (Å²) < 4.78 is 5.04.